The van der Waals surface area contributed by atoms with Crippen LogP contribution in [0.3, 0.4) is 0 Å². The molecule has 2 aromatic rings. The molecule has 4 heterocycles. The number of hydrogen-bond acceptors (Lipinski definition) is 5. The summed E-state index contributed by atoms with van der Waals surface area (Å²) in [7, 11) is 0. The van der Waals surface area contributed by atoms with Crippen LogP contribution in [0.4, 0.5) is 13.2 Å². The van der Waals surface area contributed by atoms with Crippen molar-refractivity contribution in [2.75, 3.05) is 0 Å². The number of halogens is 3. The van der Waals surface area contributed by atoms with Gasteiger partial charge in [-0.1, -0.05) is 5.16 Å². The van der Waals surface area contributed by atoms with Crippen LogP contribution in [0.5, 0.6) is 0 Å². The lowest BCUT2D eigenvalue weighted by molar-refractivity contribution is -0.190. The summed E-state index contributed by atoms with van der Waals surface area (Å²) < 4.78 is 55.1. The van der Waals surface area contributed by atoms with Crippen molar-refractivity contribution in [2.45, 2.75) is 37.1 Å². The van der Waals surface area contributed by atoms with Crippen LogP contribution in [-0.2, 0) is 4.74 Å². The molecule has 8 heteroatoms. The fraction of sp³-hybridized carbons (Fsp3) is 0.538. The van der Waals surface area contributed by atoms with Crippen LogP contribution in [-0.4, -0.2) is 28.5 Å². The molecule has 4 rings (SSSR count). The van der Waals surface area contributed by atoms with E-state index in [-0.39, 0.29) is 11.7 Å². The number of alkyl halides is 3. The van der Waals surface area contributed by atoms with Crippen molar-refractivity contribution in [3.05, 3.63) is 24.5 Å². The number of furan rings is 1. The monoisotopic (exact) mass is 300 g/mol. The van der Waals surface area contributed by atoms with E-state index in [2.05, 4.69) is 10.1 Å². The average Bonchev–Trinajstić information content (AvgIpc) is 3.19. The largest absolute Gasteiger partial charge is 0.472 e. The van der Waals surface area contributed by atoms with Crippen molar-refractivity contribution in [3.63, 3.8) is 0 Å². The molecular formula is C13H11F3N2O3. The molecule has 2 aliphatic rings. The number of nitrogens with zero attached hydrogens (tertiary/aromatic N) is 2. The third-order valence-electron chi connectivity index (χ3n) is 4.16. The van der Waals surface area contributed by atoms with E-state index in [4.69, 9.17) is 13.7 Å². The molecule has 0 N–H and O–H groups in total. The van der Waals surface area contributed by atoms with Gasteiger partial charge in [0.25, 0.3) is 0 Å². The summed E-state index contributed by atoms with van der Waals surface area (Å²) in [5, 5.41) is 3.73. The van der Waals surface area contributed by atoms with Gasteiger partial charge in [-0.15, -0.1) is 0 Å². The highest BCUT2D eigenvalue weighted by atomic mass is 19.4. The molecule has 0 spiro atoms. The van der Waals surface area contributed by atoms with E-state index in [1.54, 1.807) is 6.07 Å². The van der Waals surface area contributed by atoms with E-state index in [0.29, 0.717) is 18.4 Å². The predicted molar refractivity (Wildman–Crippen MR) is 62.2 cm³/mol. The summed E-state index contributed by atoms with van der Waals surface area (Å²) in [5.41, 5.74) is 0.567. The molecule has 112 valence electrons. The lowest BCUT2D eigenvalue weighted by Gasteiger charge is -2.27. The van der Waals surface area contributed by atoms with Crippen LogP contribution in [0.1, 0.15) is 24.7 Å². The lowest BCUT2D eigenvalue weighted by Crippen LogP contribution is -2.37. The zero-order chi connectivity index (χ0) is 14.6. The highest BCUT2D eigenvalue weighted by Gasteiger charge is 2.62. The van der Waals surface area contributed by atoms with Crippen LogP contribution >= 0.6 is 0 Å². The molecule has 0 radical (unpaired) electrons. The van der Waals surface area contributed by atoms with Crippen molar-refractivity contribution in [2.24, 2.45) is 5.92 Å². The molecule has 2 fully saturated rings. The molecule has 0 aliphatic carbocycles. The van der Waals surface area contributed by atoms with Crippen LogP contribution in [0.2, 0.25) is 0 Å². The first kappa shape index (κ1) is 12.9. The Balaban J connectivity index is 1.69. The molecule has 0 aromatic carbocycles. The Kier molecular flexibility index (Phi) is 2.66. The van der Waals surface area contributed by atoms with Crippen molar-refractivity contribution < 1.29 is 26.8 Å². The molecule has 21 heavy (non-hydrogen) atoms. The van der Waals surface area contributed by atoms with Crippen molar-refractivity contribution in [1.29, 1.82) is 0 Å². The van der Waals surface area contributed by atoms with E-state index in [1.165, 1.54) is 12.5 Å². The molecule has 2 bridgehead atoms. The smallest absolute Gasteiger partial charge is 0.395 e. The third-order valence-corrected chi connectivity index (χ3v) is 4.16. The zero-order valence-electron chi connectivity index (χ0n) is 10.7. The normalized spacial score (nSPS) is 32.0. The van der Waals surface area contributed by atoms with Crippen molar-refractivity contribution in [3.8, 4) is 11.4 Å². The predicted octanol–water partition coefficient (Wildman–Crippen LogP) is 3.15. The standard InChI is InChI=1S/C13H11F3N2O3/c14-13(15,16)10-8-2-1-7(20-8)9(10)12-17-11(18-21-12)6-3-4-19-5-6/h3-5,7-10H,1-2H2. The zero-order valence-corrected chi connectivity index (χ0v) is 10.7. The Hall–Kier alpha value is -1.83. The third kappa shape index (κ3) is 1.97. The average molecular weight is 300 g/mol. The van der Waals surface area contributed by atoms with E-state index < -0.39 is 30.2 Å². The van der Waals surface area contributed by atoms with Gasteiger partial charge in [0.1, 0.15) is 6.26 Å². The second-order valence-electron chi connectivity index (χ2n) is 5.35. The maximum Gasteiger partial charge on any atom is 0.395 e. The van der Waals surface area contributed by atoms with Gasteiger partial charge in [0.05, 0.1) is 35.9 Å². The summed E-state index contributed by atoms with van der Waals surface area (Å²) in [5.74, 6) is -2.28. The lowest BCUT2D eigenvalue weighted by atomic mass is 9.78. The summed E-state index contributed by atoms with van der Waals surface area (Å²) in [6.45, 7) is 0. The van der Waals surface area contributed by atoms with Gasteiger partial charge < -0.3 is 13.7 Å². The van der Waals surface area contributed by atoms with Crippen LogP contribution in [0.25, 0.3) is 11.4 Å². The Morgan fingerprint density at radius 2 is 2.00 bits per heavy atom. The molecule has 4 unspecified atom stereocenters. The SMILES string of the molecule is FC(F)(F)C1C2CCC(O2)C1c1nc(-c2ccoc2)no1. The van der Waals surface area contributed by atoms with Gasteiger partial charge in [-0.3, -0.25) is 0 Å². The first-order valence-electron chi connectivity index (χ1n) is 6.62. The minimum Gasteiger partial charge on any atom is -0.472 e. The van der Waals surface area contributed by atoms with Gasteiger partial charge in [0.2, 0.25) is 11.7 Å². The Labute approximate surface area is 117 Å². The van der Waals surface area contributed by atoms with Gasteiger partial charge in [0.15, 0.2) is 0 Å². The van der Waals surface area contributed by atoms with E-state index in [9.17, 15) is 13.2 Å². The van der Waals surface area contributed by atoms with Gasteiger partial charge in [-0.05, 0) is 18.9 Å². The molecule has 2 aliphatic heterocycles. The summed E-state index contributed by atoms with van der Waals surface area (Å²) in [4.78, 5) is 4.10. The molecule has 2 saturated heterocycles. The van der Waals surface area contributed by atoms with Gasteiger partial charge >= 0.3 is 6.18 Å². The summed E-state index contributed by atoms with van der Waals surface area (Å²) in [6, 6.07) is 1.62. The molecular weight excluding hydrogens is 289 g/mol. The quantitative estimate of drug-likeness (QED) is 0.852. The van der Waals surface area contributed by atoms with E-state index in [1.807, 2.05) is 0 Å². The number of ether oxygens (including phenoxy) is 1. The van der Waals surface area contributed by atoms with E-state index in [0.717, 1.165) is 0 Å². The Morgan fingerprint density at radius 1 is 1.19 bits per heavy atom. The minimum atomic E-state index is -4.34. The van der Waals surface area contributed by atoms with Crippen LogP contribution < -0.4 is 0 Å². The van der Waals surface area contributed by atoms with Crippen LogP contribution in [0.15, 0.2) is 27.5 Å². The van der Waals surface area contributed by atoms with Gasteiger partial charge in [0, 0.05) is 0 Å². The first-order valence-corrected chi connectivity index (χ1v) is 6.62. The highest BCUT2D eigenvalue weighted by molar-refractivity contribution is 5.51. The fourth-order valence-electron chi connectivity index (χ4n) is 3.29. The minimum absolute atomic E-state index is 0.0132. The molecule has 2 aromatic heterocycles. The fourth-order valence-corrected chi connectivity index (χ4v) is 3.29. The Bertz CT molecular complexity index is 637. The second-order valence-corrected chi connectivity index (χ2v) is 5.35. The topological polar surface area (TPSA) is 61.3 Å². The van der Waals surface area contributed by atoms with Crippen molar-refractivity contribution >= 4 is 0 Å². The number of rotatable bonds is 2. The first-order chi connectivity index (χ1) is 10.0. The molecule has 4 atom stereocenters. The number of hydrogen-bond donors (Lipinski definition) is 0. The summed E-state index contributed by atoms with van der Waals surface area (Å²) >= 11 is 0. The Morgan fingerprint density at radius 3 is 2.71 bits per heavy atom. The number of aromatic nitrogens is 2. The number of fused-ring (bicyclic) bond motifs is 2. The molecule has 5 nitrogen and oxygen atoms in total. The van der Waals surface area contributed by atoms with Gasteiger partial charge in [-0.25, -0.2) is 0 Å². The van der Waals surface area contributed by atoms with Gasteiger partial charge in [-0.2, -0.15) is 18.2 Å². The summed E-state index contributed by atoms with van der Waals surface area (Å²) in [6.07, 6.45) is -1.78. The maximum absolute atomic E-state index is 13.2. The van der Waals surface area contributed by atoms with Crippen molar-refractivity contribution in [1.82, 2.24) is 10.1 Å². The highest BCUT2D eigenvalue weighted by Crippen LogP contribution is 2.54. The second kappa shape index (κ2) is 4.33. The molecule has 0 saturated carbocycles. The molecule has 0 amide bonds. The maximum atomic E-state index is 13.2. The van der Waals surface area contributed by atoms with Crippen LogP contribution in [0, 0.1) is 5.92 Å². The van der Waals surface area contributed by atoms with E-state index >= 15 is 0 Å².